The molecule has 1 amide bonds. The molecule has 0 bridgehead atoms. The van der Waals surface area contributed by atoms with E-state index in [9.17, 15) is 14.4 Å². The Morgan fingerprint density at radius 1 is 1.04 bits per heavy atom. The summed E-state index contributed by atoms with van der Waals surface area (Å²) in [6, 6.07) is 15.5. The maximum atomic E-state index is 12.6. The quantitative estimate of drug-likeness (QED) is 0.383. The van der Waals surface area contributed by atoms with Gasteiger partial charge in [-0.15, -0.1) is 0 Å². The van der Waals surface area contributed by atoms with Gasteiger partial charge in [-0.1, -0.05) is 48.5 Å². The Morgan fingerprint density at radius 2 is 1.74 bits per heavy atom. The number of esters is 1. The van der Waals surface area contributed by atoms with Gasteiger partial charge in [0.2, 0.25) is 0 Å². The fourth-order valence-corrected chi connectivity index (χ4v) is 2.89. The summed E-state index contributed by atoms with van der Waals surface area (Å²) in [5.41, 5.74) is 1.89. The molecule has 0 saturated heterocycles. The van der Waals surface area contributed by atoms with Crippen LogP contribution in [0.1, 0.15) is 22.8 Å². The maximum Gasteiger partial charge on any atom is 0.328 e. The van der Waals surface area contributed by atoms with Gasteiger partial charge in [0.15, 0.2) is 0 Å². The molecule has 0 aliphatic carbocycles. The van der Waals surface area contributed by atoms with E-state index in [4.69, 9.17) is 4.74 Å². The highest BCUT2D eigenvalue weighted by Crippen LogP contribution is 2.18. The molecule has 0 fully saturated rings. The molecule has 0 saturated carbocycles. The zero-order chi connectivity index (χ0) is 19.2. The van der Waals surface area contributed by atoms with Crippen LogP contribution in [0, 0.1) is 0 Å². The van der Waals surface area contributed by atoms with Crippen LogP contribution < -0.4 is 5.32 Å². The lowest BCUT2D eigenvalue weighted by Crippen LogP contribution is -2.46. The average Bonchev–Trinajstić information content (AvgIpc) is 3.12. The van der Waals surface area contributed by atoms with E-state index in [1.165, 1.54) is 6.20 Å². The Bertz CT molecular complexity index is 962. The van der Waals surface area contributed by atoms with E-state index in [1.54, 1.807) is 19.1 Å². The highest BCUT2D eigenvalue weighted by Gasteiger charge is 2.27. The van der Waals surface area contributed by atoms with E-state index in [1.807, 2.05) is 42.5 Å². The van der Waals surface area contributed by atoms with Crippen molar-refractivity contribution in [1.82, 2.24) is 10.3 Å². The highest BCUT2D eigenvalue weighted by molar-refractivity contribution is 6.45. The zero-order valence-corrected chi connectivity index (χ0v) is 14.9. The van der Waals surface area contributed by atoms with Crippen LogP contribution in [-0.2, 0) is 20.7 Å². The van der Waals surface area contributed by atoms with Crippen molar-refractivity contribution in [3.05, 3.63) is 71.9 Å². The number of para-hydroxylation sites is 1. The van der Waals surface area contributed by atoms with Gasteiger partial charge in [-0.05, 0) is 18.6 Å². The van der Waals surface area contributed by atoms with E-state index in [0.29, 0.717) is 5.39 Å². The number of hydrogen-bond acceptors (Lipinski definition) is 4. The number of benzene rings is 2. The molecule has 6 heteroatoms. The molecule has 27 heavy (non-hydrogen) atoms. The lowest BCUT2D eigenvalue weighted by atomic mass is 10.0. The Morgan fingerprint density at radius 3 is 2.48 bits per heavy atom. The third-order valence-corrected chi connectivity index (χ3v) is 4.20. The third-order valence-electron chi connectivity index (χ3n) is 4.20. The van der Waals surface area contributed by atoms with E-state index < -0.39 is 23.7 Å². The first-order valence-corrected chi connectivity index (χ1v) is 8.72. The van der Waals surface area contributed by atoms with Crippen molar-refractivity contribution in [3.8, 4) is 0 Å². The van der Waals surface area contributed by atoms with Crippen molar-refractivity contribution in [2.24, 2.45) is 0 Å². The predicted octanol–water partition coefficient (Wildman–Crippen LogP) is 2.64. The highest BCUT2D eigenvalue weighted by atomic mass is 16.5. The third kappa shape index (κ3) is 4.23. The van der Waals surface area contributed by atoms with Crippen LogP contribution in [0.5, 0.6) is 0 Å². The molecule has 1 unspecified atom stereocenters. The molecule has 1 heterocycles. The number of Topliss-reactive ketones (excluding diaryl/α,β-unsaturated/α-hetero) is 1. The monoisotopic (exact) mass is 364 g/mol. The zero-order valence-electron chi connectivity index (χ0n) is 14.9. The lowest BCUT2D eigenvalue weighted by molar-refractivity contribution is -0.146. The normalized spacial score (nSPS) is 11.7. The fourth-order valence-electron chi connectivity index (χ4n) is 2.89. The molecular formula is C21H20N2O4. The van der Waals surface area contributed by atoms with Crippen LogP contribution in [0.3, 0.4) is 0 Å². The molecular weight excluding hydrogens is 344 g/mol. The summed E-state index contributed by atoms with van der Waals surface area (Å²) in [6.07, 6.45) is 1.75. The number of carbonyl (C=O) groups excluding carboxylic acids is 3. The van der Waals surface area contributed by atoms with Gasteiger partial charge in [0.05, 0.1) is 12.2 Å². The summed E-state index contributed by atoms with van der Waals surface area (Å²) in [7, 11) is 0. The summed E-state index contributed by atoms with van der Waals surface area (Å²) >= 11 is 0. The van der Waals surface area contributed by atoms with Crippen LogP contribution in [0.15, 0.2) is 60.8 Å². The molecule has 0 aliphatic heterocycles. The van der Waals surface area contributed by atoms with Gasteiger partial charge in [-0.3, -0.25) is 9.59 Å². The van der Waals surface area contributed by atoms with Crippen LogP contribution in [0.2, 0.25) is 0 Å². The first-order valence-electron chi connectivity index (χ1n) is 8.72. The molecule has 2 N–H and O–H groups in total. The van der Waals surface area contributed by atoms with Crippen molar-refractivity contribution in [3.63, 3.8) is 0 Å². The smallest absolute Gasteiger partial charge is 0.328 e. The van der Waals surface area contributed by atoms with Crippen molar-refractivity contribution >= 4 is 28.6 Å². The fraction of sp³-hybridized carbons (Fsp3) is 0.190. The average molecular weight is 364 g/mol. The number of hydrogen-bond donors (Lipinski definition) is 2. The number of carbonyl (C=O) groups is 3. The minimum atomic E-state index is -0.936. The lowest BCUT2D eigenvalue weighted by Gasteiger charge is -2.17. The molecule has 3 aromatic rings. The summed E-state index contributed by atoms with van der Waals surface area (Å²) in [6.45, 7) is 1.88. The van der Waals surface area contributed by atoms with Gasteiger partial charge in [0.1, 0.15) is 6.04 Å². The molecule has 138 valence electrons. The van der Waals surface area contributed by atoms with E-state index in [2.05, 4.69) is 10.3 Å². The summed E-state index contributed by atoms with van der Waals surface area (Å²) in [5, 5.41) is 3.19. The molecule has 1 aromatic heterocycles. The number of rotatable bonds is 7. The van der Waals surface area contributed by atoms with Crippen LogP contribution in [0.25, 0.3) is 10.9 Å². The van der Waals surface area contributed by atoms with Crippen molar-refractivity contribution < 1.29 is 19.1 Å². The number of ketones is 1. The minimum absolute atomic E-state index is 0.191. The second-order valence-electron chi connectivity index (χ2n) is 6.04. The molecule has 2 aromatic carbocycles. The second-order valence-corrected chi connectivity index (χ2v) is 6.04. The second kappa shape index (κ2) is 8.31. The molecule has 0 radical (unpaired) electrons. The van der Waals surface area contributed by atoms with Crippen LogP contribution >= 0.6 is 0 Å². The first kappa shape index (κ1) is 18.4. The Hall–Kier alpha value is -3.41. The van der Waals surface area contributed by atoms with Crippen molar-refractivity contribution in [1.29, 1.82) is 0 Å². The molecule has 0 spiro atoms. The largest absolute Gasteiger partial charge is 0.464 e. The Kier molecular flexibility index (Phi) is 5.66. The minimum Gasteiger partial charge on any atom is -0.464 e. The van der Waals surface area contributed by atoms with Gasteiger partial charge in [-0.2, -0.15) is 0 Å². The Balaban J connectivity index is 1.78. The number of fused-ring (bicyclic) bond motifs is 1. The SMILES string of the molecule is CCOC(=O)C(Cc1ccccc1)NC(=O)C(=O)c1c[nH]c2ccccc12. The van der Waals surface area contributed by atoms with E-state index in [-0.39, 0.29) is 18.6 Å². The number of aromatic nitrogens is 1. The number of H-pyrrole nitrogens is 1. The maximum absolute atomic E-state index is 12.6. The molecule has 0 aliphatic rings. The molecule has 3 rings (SSSR count). The molecule has 1 atom stereocenters. The number of aromatic amines is 1. The predicted molar refractivity (Wildman–Crippen MR) is 101 cm³/mol. The van der Waals surface area contributed by atoms with Crippen molar-refractivity contribution in [2.75, 3.05) is 6.61 Å². The topological polar surface area (TPSA) is 88.3 Å². The number of nitrogens with one attached hydrogen (secondary N) is 2. The summed E-state index contributed by atoms with van der Waals surface area (Å²) in [5.74, 6) is -2.11. The first-order chi connectivity index (χ1) is 13.1. The van der Waals surface area contributed by atoms with E-state index >= 15 is 0 Å². The van der Waals surface area contributed by atoms with Crippen LogP contribution in [-0.4, -0.2) is 35.3 Å². The van der Waals surface area contributed by atoms with Crippen molar-refractivity contribution in [2.45, 2.75) is 19.4 Å². The van der Waals surface area contributed by atoms with Gasteiger partial charge < -0.3 is 15.0 Å². The number of amides is 1. The van der Waals surface area contributed by atoms with Crippen LogP contribution in [0.4, 0.5) is 0 Å². The van der Waals surface area contributed by atoms with Gasteiger partial charge in [-0.25, -0.2) is 4.79 Å². The van der Waals surface area contributed by atoms with Gasteiger partial charge in [0, 0.05) is 23.5 Å². The Labute approximate surface area is 156 Å². The van der Waals surface area contributed by atoms with Gasteiger partial charge >= 0.3 is 5.97 Å². The van der Waals surface area contributed by atoms with Gasteiger partial charge in [0.25, 0.3) is 11.7 Å². The summed E-state index contributed by atoms with van der Waals surface area (Å²) < 4.78 is 5.05. The van der Waals surface area contributed by atoms with E-state index in [0.717, 1.165) is 11.1 Å². The standard InChI is InChI=1S/C21H20N2O4/c1-2-27-21(26)18(12-14-8-4-3-5-9-14)23-20(25)19(24)16-13-22-17-11-7-6-10-15(16)17/h3-11,13,18,22H,2,12H2,1H3,(H,23,25). The molecule has 6 nitrogen and oxygen atoms in total. The number of ether oxygens (including phenoxy) is 1. The summed E-state index contributed by atoms with van der Waals surface area (Å²) in [4.78, 5) is 40.3.